The molecule has 5 rings (SSSR count). The number of sulfone groups is 1. The van der Waals surface area contributed by atoms with Gasteiger partial charge in [-0.15, -0.1) is 0 Å². The second-order valence-electron chi connectivity index (χ2n) is 9.17. The molecule has 0 N–H and O–H groups in total. The predicted octanol–water partition coefficient (Wildman–Crippen LogP) is 3.29. The lowest BCUT2D eigenvalue weighted by molar-refractivity contribution is -0.141. The van der Waals surface area contributed by atoms with Crippen LogP contribution in [0.25, 0.3) is 33.4 Å². The fraction of sp³-hybridized carbons (Fsp3) is 0.292. The Morgan fingerprint density at radius 3 is 2.49 bits per heavy atom. The van der Waals surface area contributed by atoms with E-state index in [2.05, 4.69) is 26.7 Å². The van der Waals surface area contributed by atoms with Crippen LogP contribution in [0.2, 0.25) is 0 Å². The second kappa shape index (κ2) is 9.55. The summed E-state index contributed by atoms with van der Waals surface area (Å²) in [7, 11) is -3.21. The number of nitrogens with zero attached hydrogens (tertiary/aromatic N) is 7. The molecule has 0 atom stereocenters. The lowest BCUT2D eigenvalue weighted by atomic mass is 10.1. The van der Waals surface area contributed by atoms with Gasteiger partial charge >= 0.3 is 6.18 Å². The highest BCUT2D eigenvalue weighted by Crippen LogP contribution is 2.37. The fourth-order valence-corrected chi connectivity index (χ4v) is 4.81. The summed E-state index contributed by atoms with van der Waals surface area (Å²) in [5, 5.41) is 8.89. The number of halogens is 4. The maximum atomic E-state index is 13.4. The smallest absolute Gasteiger partial charge is 0.332 e. The van der Waals surface area contributed by atoms with Crippen LogP contribution in [0.1, 0.15) is 11.7 Å². The summed E-state index contributed by atoms with van der Waals surface area (Å²) in [5.41, 5.74) is 1.66. The summed E-state index contributed by atoms with van der Waals surface area (Å²) >= 11 is 0. The molecule has 10 nitrogen and oxygen atoms in total. The number of rotatable bonds is 7. The summed E-state index contributed by atoms with van der Waals surface area (Å²) in [4.78, 5) is 21.2. The average Bonchev–Trinajstić information content (AvgIpc) is 3.46. The Balaban J connectivity index is 1.59. The molecular weight excluding hydrogens is 542 g/mol. The molecule has 0 bridgehead atoms. The molecule has 1 fully saturated rings. The van der Waals surface area contributed by atoms with E-state index in [-0.39, 0.29) is 37.1 Å². The van der Waals surface area contributed by atoms with E-state index in [0.29, 0.717) is 27.7 Å². The van der Waals surface area contributed by atoms with Gasteiger partial charge in [0.15, 0.2) is 5.83 Å². The summed E-state index contributed by atoms with van der Waals surface area (Å²) in [6.45, 7) is 3.44. The molecule has 4 aromatic heterocycles. The number of aryl methyl sites for hydroxylation is 1. The van der Waals surface area contributed by atoms with Crippen LogP contribution >= 0.6 is 0 Å². The van der Waals surface area contributed by atoms with Crippen molar-refractivity contribution in [2.75, 3.05) is 25.1 Å². The Morgan fingerprint density at radius 2 is 1.87 bits per heavy atom. The van der Waals surface area contributed by atoms with Gasteiger partial charge < -0.3 is 4.90 Å². The van der Waals surface area contributed by atoms with Crippen molar-refractivity contribution in [3.05, 3.63) is 61.1 Å². The van der Waals surface area contributed by atoms with Crippen molar-refractivity contribution in [1.29, 1.82) is 0 Å². The van der Waals surface area contributed by atoms with Gasteiger partial charge in [-0.05, 0) is 18.2 Å². The SMILES string of the molecule is C=C(F)C(=O)N1CC(n2nc(-c3ccc(C(F)(F)F)nc3)c3nccc(-c4cnn(CCS(C)(=O)=O)c4)c32)C1. The van der Waals surface area contributed by atoms with Crippen molar-refractivity contribution >= 4 is 26.8 Å². The standard InChI is InChI=1S/C24H21F4N7O3S/c1-14(25)23(36)33-12-17(13-33)35-22-18(16-10-31-34(11-16)7-8-39(2,37)38)5-6-29-21(22)20(32-35)15-3-4-19(30-9-15)24(26,27)28/h3-6,9-11,17H,1,7-8,12-13H2,2H3. The van der Waals surface area contributed by atoms with Gasteiger partial charge in [-0.1, -0.05) is 6.58 Å². The minimum atomic E-state index is -4.61. The third kappa shape index (κ3) is 5.26. The first-order valence-corrected chi connectivity index (χ1v) is 13.6. The second-order valence-corrected chi connectivity index (χ2v) is 11.4. The van der Waals surface area contributed by atoms with Crippen molar-refractivity contribution in [2.24, 2.45) is 0 Å². The van der Waals surface area contributed by atoms with Crippen LogP contribution in [-0.2, 0) is 27.4 Å². The molecule has 0 saturated carbocycles. The van der Waals surface area contributed by atoms with Crippen LogP contribution in [-0.4, -0.2) is 73.9 Å². The highest BCUT2D eigenvalue weighted by molar-refractivity contribution is 7.90. The van der Waals surface area contributed by atoms with Crippen LogP contribution in [0.4, 0.5) is 17.6 Å². The van der Waals surface area contributed by atoms with E-state index in [0.717, 1.165) is 18.5 Å². The Bertz CT molecular complexity index is 1690. The zero-order valence-electron chi connectivity index (χ0n) is 20.4. The topological polar surface area (TPSA) is 116 Å². The maximum absolute atomic E-state index is 13.4. The number of alkyl halides is 3. The van der Waals surface area contributed by atoms with Crippen molar-refractivity contribution in [1.82, 2.24) is 34.4 Å². The number of hydrogen-bond donors (Lipinski definition) is 0. The third-order valence-corrected chi connectivity index (χ3v) is 7.20. The van der Waals surface area contributed by atoms with Crippen molar-refractivity contribution in [2.45, 2.75) is 18.8 Å². The first kappa shape index (κ1) is 26.5. The number of pyridine rings is 2. The van der Waals surface area contributed by atoms with Crippen molar-refractivity contribution < 1.29 is 30.8 Å². The maximum Gasteiger partial charge on any atom is 0.433 e. The lowest BCUT2D eigenvalue weighted by Gasteiger charge is -2.39. The number of aromatic nitrogens is 6. The molecule has 4 aromatic rings. The molecule has 0 unspecified atom stereocenters. The van der Waals surface area contributed by atoms with Gasteiger partial charge in [0.1, 0.15) is 26.7 Å². The van der Waals surface area contributed by atoms with Gasteiger partial charge in [0.2, 0.25) is 0 Å². The zero-order valence-corrected chi connectivity index (χ0v) is 21.2. The van der Waals surface area contributed by atoms with E-state index in [4.69, 9.17) is 0 Å². The zero-order chi connectivity index (χ0) is 28.1. The lowest BCUT2D eigenvalue weighted by Crippen LogP contribution is -2.51. The molecule has 204 valence electrons. The van der Waals surface area contributed by atoms with E-state index in [1.165, 1.54) is 21.8 Å². The number of fused-ring (bicyclic) bond motifs is 1. The average molecular weight is 564 g/mol. The fourth-order valence-electron chi connectivity index (χ4n) is 4.29. The molecule has 1 aliphatic rings. The van der Waals surface area contributed by atoms with Gasteiger partial charge in [-0.25, -0.2) is 12.8 Å². The molecule has 1 amide bonds. The van der Waals surface area contributed by atoms with E-state index < -0.39 is 33.4 Å². The highest BCUT2D eigenvalue weighted by Gasteiger charge is 2.36. The van der Waals surface area contributed by atoms with E-state index in [1.807, 2.05) is 0 Å². The monoisotopic (exact) mass is 563 g/mol. The van der Waals surface area contributed by atoms with Crippen LogP contribution in [0, 0.1) is 0 Å². The molecular formula is C24H21F4N7O3S. The molecule has 5 heterocycles. The molecule has 0 spiro atoms. The van der Waals surface area contributed by atoms with Crippen LogP contribution in [0.3, 0.4) is 0 Å². The summed E-state index contributed by atoms with van der Waals surface area (Å²) in [6, 6.07) is 3.43. The summed E-state index contributed by atoms with van der Waals surface area (Å²) in [6.07, 6.45) is 2.33. The Kier molecular flexibility index (Phi) is 6.48. The molecule has 0 aromatic carbocycles. The van der Waals surface area contributed by atoms with Crippen LogP contribution in [0.5, 0.6) is 0 Å². The molecule has 15 heteroatoms. The normalized spacial score (nSPS) is 14.5. The third-order valence-electron chi connectivity index (χ3n) is 6.28. The largest absolute Gasteiger partial charge is 0.433 e. The van der Waals surface area contributed by atoms with E-state index >= 15 is 0 Å². The van der Waals surface area contributed by atoms with Gasteiger partial charge in [0.25, 0.3) is 5.91 Å². The molecule has 1 saturated heterocycles. The number of carbonyl (C=O) groups excluding carboxylic acids is 1. The summed E-state index contributed by atoms with van der Waals surface area (Å²) in [5.74, 6) is -2.02. The molecule has 0 aliphatic carbocycles. The van der Waals surface area contributed by atoms with Crippen LogP contribution < -0.4 is 0 Å². The van der Waals surface area contributed by atoms with Crippen molar-refractivity contribution in [3.8, 4) is 22.4 Å². The van der Waals surface area contributed by atoms with Crippen molar-refractivity contribution in [3.63, 3.8) is 0 Å². The molecule has 39 heavy (non-hydrogen) atoms. The Hall–Kier alpha value is -4.14. The molecule has 1 aliphatic heterocycles. The quantitative estimate of drug-likeness (QED) is 0.250. The number of likely N-dealkylation sites (tertiary alicyclic amines) is 1. The van der Waals surface area contributed by atoms with E-state index in [1.54, 1.807) is 23.1 Å². The first-order valence-electron chi connectivity index (χ1n) is 11.6. The number of hydrogen-bond acceptors (Lipinski definition) is 7. The number of amides is 1. The van der Waals surface area contributed by atoms with Gasteiger partial charge in [-0.3, -0.25) is 24.1 Å². The highest BCUT2D eigenvalue weighted by atomic mass is 32.2. The Morgan fingerprint density at radius 1 is 1.13 bits per heavy atom. The minimum Gasteiger partial charge on any atom is -0.332 e. The summed E-state index contributed by atoms with van der Waals surface area (Å²) < 4.78 is 78.8. The van der Waals surface area contributed by atoms with Crippen LogP contribution in [0.15, 0.2) is 55.4 Å². The van der Waals surface area contributed by atoms with E-state index in [9.17, 15) is 30.8 Å². The van der Waals surface area contributed by atoms with Gasteiger partial charge in [0, 0.05) is 54.6 Å². The van der Waals surface area contributed by atoms with Gasteiger partial charge in [0.05, 0.1) is 30.1 Å². The molecule has 0 radical (unpaired) electrons. The Labute approximate surface area is 219 Å². The van der Waals surface area contributed by atoms with Gasteiger partial charge in [-0.2, -0.15) is 23.4 Å². The minimum absolute atomic E-state index is 0.103. The predicted molar refractivity (Wildman–Crippen MR) is 133 cm³/mol. The first-order chi connectivity index (χ1) is 18.3. The number of carbonyl (C=O) groups is 1.